The second kappa shape index (κ2) is 4.77. The van der Waals surface area contributed by atoms with E-state index in [1.54, 1.807) is 29.5 Å². The van der Waals surface area contributed by atoms with Crippen LogP contribution in [-0.2, 0) is 10.0 Å². The van der Waals surface area contributed by atoms with E-state index in [-0.39, 0.29) is 10.7 Å². The van der Waals surface area contributed by atoms with Gasteiger partial charge in [-0.05, 0) is 47.2 Å². The average Bonchev–Trinajstić information content (AvgIpc) is 2.86. The normalized spacial score (nSPS) is 11.6. The molecule has 0 unspecified atom stereocenters. The third-order valence-corrected chi connectivity index (χ3v) is 5.01. The van der Waals surface area contributed by atoms with Gasteiger partial charge in [0.1, 0.15) is 0 Å². The number of nitrogens with two attached hydrogens (primary N) is 1. The van der Waals surface area contributed by atoms with Gasteiger partial charge >= 0.3 is 0 Å². The van der Waals surface area contributed by atoms with Crippen molar-refractivity contribution in [1.29, 1.82) is 0 Å². The van der Waals surface area contributed by atoms with Crippen LogP contribution in [0.3, 0.4) is 0 Å². The summed E-state index contributed by atoms with van der Waals surface area (Å²) in [4.78, 5) is 3.83. The van der Waals surface area contributed by atoms with Crippen LogP contribution in [0, 0.1) is 0 Å². The number of nitrogens with one attached hydrogen (secondary N) is 1. The summed E-state index contributed by atoms with van der Waals surface area (Å²) in [7, 11) is -3.78. The largest absolute Gasteiger partial charge is 0.396 e. The highest BCUT2D eigenvalue weighted by Gasteiger charge is 2.18. The Morgan fingerprint density at radius 2 is 2.05 bits per heavy atom. The van der Waals surface area contributed by atoms with Gasteiger partial charge in [-0.2, -0.15) is 8.42 Å². The van der Waals surface area contributed by atoms with Crippen molar-refractivity contribution in [2.24, 2.45) is 0 Å². The molecule has 1 aromatic carbocycles. The maximum Gasteiger partial charge on any atom is 0.281 e. The van der Waals surface area contributed by atoms with Gasteiger partial charge < -0.3 is 5.73 Å². The zero-order valence-electron chi connectivity index (χ0n) is 10.3. The third-order valence-electron chi connectivity index (χ3n) is 2.76. The SMILES string of the molecule is Nc1cccnc1S(=O)(=O)Nc1ccc2sccc2c1. The molecule has 0 saturated carbocycles. The molecule has 7 heteroatoms. The Bertz CT molecular complexity index is 872. The molecule has 5 nitrogen and oxygen atoms in total. The van der Waals surface area contributed by atoms with Crippen molar-refractivity contribution in [1.82, 2.24) is 4.98 Å². The van der Waals surface area contributed by atoms with Gasteiger partial charge in [0.25, 0.3) is 10.0 Å². The maximum absolute atomic E-state index is 12.2. The first-order valence-electron chi connectivity index (χ1n) is 5.77. The average molecular weight is 305 g/mol. The number of thiophene rings is 1. The topological polar surface area (TPSA) is 85.1 Å². The Labute approximate surface area is 120 Å². The van der Waals surface area contributed by atoms with Gasteiger partial charge in [0.05, 0.1) is 5.69 Å². The zero-order chi connectivity index (χ0) is 14.2. The molecule has 0 fully saturated rings. The number of pyridine rings is 1. The van der Waals surface area contributed by atoms with E-state index >= 15 is 0 Å². The Morgan fingerprint density at radius 3 is 2.85 bits per heavy atom. The highest BCUT2D eigenvalue weighted by molar-refractivity contribution is 7.92. The molecule has 0 aliphatic heterocycles. The molecule has 2 aromatic heterocycles. The van der Waals surface area contributed by atoms with Gasteiger partial charge in [0.2, 0.25) is 0 Å². The van der Waals surface area contributed by atoms with E-state index < -0.39 is 10.0 Å². The van der Waals surface area contributed by atoms with Gasteiger partial charge in [0.15, 0.2) is 5.03 Å². The highest BCUT2D eigenvalue weighted by atomic mass is 32.2. The van der Waals surface area contributed by atoms with Crippen molar-refractivity contribution in [3.63, 3.8) is 0 Å². The number of sulfonamides is 1. The molecule has 0 atom stereocenters. The van der Waals surface area contributed by atoms with Crippen LogP contribution in [-0.4, -0.2) is 13.4 Å². The van der Waals surface area contributed by atoms with Crippen LogP contribution in [0.4, 0.5) is 11.4 Å². The van der Waals surface area contributed by atoms with Crippen LogP contribution >= 0.6 is 11.3 Å². The summed E-state index contributed by atoms with van der Waals surface area (Å²) in [6.07, 6.45) is 1.40. The van der Waals surface area contributed by atoms with Crippen LogP contribution in [0.15, 0.2) is 53.0 Å². The molecular weight excluding hydrogens is 294 g/mol. The Kier molecular flexibility index (Phi) is 3.07. The molecular formula is C13H11N3O2S2. The molecule has 3 aromatic rings. The molecule has 0 aliphatic rings. The van der Waals surface area contributed by atoms with Crippen molar-refractivity contribution < 1.29 is 8.42 Å². The lowest BCUT2D eigenvalue weighted by Crippen LogP contribution is -2.16. The Balaban J connectivity index is 1.99. The van der Waals surface area contributed by atoms with Crippen LogP contribution < -0.4 is 10.5 Å². The standard InChI is InChI=1S/C13H11N3O2S2/c14-11-2-1-6-15-13(11)20(17,18)16-10-3-4-12-9(8-10)5-7-19-12/h1-8,16H,14H2. The molecule has 0 bridgehead atoms. The minimum Gasteiger partial charge on any atom is -0.396 e. The summed E-state index contributed by atoms with van der Waals surface area (Å²) in [6, 6.07) is 10.4. The summed E-state index contributed by atoms with van der Waals surface area (Å²) in [5.41, 5.74) is 6.26. The van der Waals surface area contributed by atoms with Crippen molar-refractivity contribution in [2.75, 3.05) is 10.5 Å². The van der Waals surface area contributed by atoms with E-state index in [4.69, 9.17) is 5.73 Å². The predicted octanol–water partition coefficient (Wildman–Crippen LogP) is 2.68. The molecule has 2 heterocycles. The summed E-state index contributed by atoms with van der Waals surface area (Å²) < 4.78 is 28.1. The molecule has 0 aliphatic carbocycles. The first kappa shape index (κ1) is 12.9. The van der Waals surface area contributed by atoms with Crippen LogP contribution in [0.25, 0.3) is 10.1 Å². The molecule has 0 saturated heterocycles. The van der Waals surface area contributed by atoms with E-state index in [9.17, 15) is 8.42 Å². The fourth-order valence-electron chi connectivity index (χ4n) is 1.86. The first-order valence-corrected chi connectivity index (χ1v) is 8.13. The fourth-order valence-corrected chi connectivity index (χ4v) is 3.74. The van der Waals surface area contributed by atoms with Gasteiger partial charge in [-0.3, -0.25) is 4.72 Å². The number of hydrogen-bond donors (Lipinski definition) is 2. The summed E-state index contributed by atoms with van der Waals surface area (Å²) in [5.74, 6) is 0. The smallest absolute Gasteiger partial charge is 0.281 e. The number of rotatable bonds is 3. The Morgan fingerprint density at radius 1 is 1.20 bits per heavy atom. The lowest BCUT2D eigenvalue weighted by molar-refractivity contribution is 0.598. The maximum atomic E-state index is 12.2. The number of aromatic nitrogens is 1. The highest BCUT2D eigenvalue weighted by Crippen LogP contribution is 2.26. The van der Waals surface area contributed by atoms with Crippen molar-refractivity contribution in [3.8, 4) is 0 Å². The van der Waals surface area contributed by atoms with E-state index in [0.29, 0.717) is 5.69 Å². The molecule has 20 heavy (non-hydrogen) atoms. The summed E-state index contributed by atoms with van der Waals surface area (Å²) >= 11 is 1.60. The number of fused-ring (bicyclic) bond motifs is 1. The number of hydrogen-bond acceptors (Lipinski definition) is 5. The molecule has 3 N–H and O–H groups in total. The minimum atomic E-state index is -3.78. The monoisotopic (exact) mass is 305 g/mol. The molecule has 0 radical (unpaired) electrons. The third kappa shape index (κ3) is 2.33. The minimum absolute atomic E-state index is 0.122. The number of nitrogen functional groups attached to an aromatic ring is 1. The van der Waals surface area contributed by atoms with Crippen molar-refractivity contribution in [3.05, 3.63) is 48.0 Å². The summed E-state index contributed by atoms with van der Waals surface area (Å²) in [5, 5.41) is 2.79. The second-order valence-corrected chi connectivity index (χ2v) is 6.72. The van der Waals surface area contributed by atoms with Crippen LogP contribution in [0.2, 0.25) is 0 Å². The molecule has 0 spiro atoms. The number of nitrogens with zero attached hydrogens (tertiary/aromatic N) is 1. The van der Waals surface area contributed by atoms with Crippen LogP contribution in [0.5, 0.6) is 0 Å². The predicted molar refractivity (Wildman–Crippen MR) is 81.3 cm³/mol. The zero-order valence-corrected chi connectivity index (χ0v) is 11.9. The first-order chi connectivity index (χ1) is 9.56. The molecule has 0 amide bonds. The lowest BCUT2D eigenvalue weighted by Gasteiger charge is -2.09. The number of anilines is 2. The molecule has 102 valence electrons. The van der Waals surface area contributed by atoms with E-state index in [1.807, 2.05) is 17.5 Å². The molecule has 3 rings (SSSR count). The summed E-state index contributed by atoms with van der Waals surface area (Å²) in [6.45, 7) is 0. The van der Waals surface area contributed by atoms with E-state index in [1.165, 1.54) is 12.3 Å². The number of benzene rings is 1. The Hall–Kier alpha value is -2.12. The van der Waals surface area contributed by atoms with E-state index in [0.717, 1.165) is 10.1 Å². The van der Waals surface area contributed by atoms with Gasteiger partial charge in [-0.25, -0.2) is 4.98 Å². The van der Waals surface area contributed by atoms with Gasteiger partial charge in [-0.15, -0.1) is 11.3 Å². The van der Waals surface area contributed by atoms with E-state index in [2.05, 4.69) is 9.71 Å². The van der Waals surface area contributed by atoms with Crippen LogP contribution in [0.1, 0.15) is 0 Å². The van der Waals surface area contributed by atoms with Crippen molar-refractivity contribution >= 4 is 42.8 Å². The van der Waals surface area contributed by atoms with Crippen molar-refractivity contribution in [2.45, 2.75) is 5.03 Å². The van der Waals surface area contributed by atoms with Gasteiger partial charge in [-0.1, -0.05) is 0 Å². The second-order valence-electron chi connectivity index (χ2n) is 4.18. The van der Waals surface area contributed by atoms with Gasteiger partial charge in [0, 0.05) is 16.6 Å². The fraction of sp³-hybridized carbons (Fsp3) is 0. The quantitative estimate of drug-likeness (QED) is 0.779. The lowest BCUT2D eigenvalue weighted by atomic mass is 10.2.